The van der Waals surface area contributed by atoms with Crippen LogP contribution in [-0.2, 0) is 6.54 Å². The van der Waals surface area contributed by atoms with Gasteiger partial charge in [-0.2, -0.15) is 0 Å². The highest BCUT2D eigenvalue weighted by atomic mass is 19.1. The van der Waals surface area contributed by atoms with E-state index in [1.165, 1.54) is 12.8 Å². The number of benzene rings is 2. The first-order valence-electron chi connectivity index (χ1n) is 7.62. The molecule has 0 saturated heterocycles. The van der Waals surface area contributed by atoms with Gasteiger partial charge in [-0.1, -0.05) is 24.3 Å². The van der Waals surface area contributed by atoms with Gasteiger partial charge >= 0.3 is 0 Å². The number of rotatable bonds is 6. The summed E-state index contributed by atoms with van der Waals surface area (Å²) in [5.74, 6) is -0.157. The standard InChI is InChI=1S/C18H21FN2/c1-2-21(16-6-4-3-5-7-16)18-11-8-14(12-17(18)19)13-20-15-9-10-15/h3-8,11-12,15,20H,2,9-10,13H2,1H3. The van der Waals surface area contributed by atoms with Crippen molar-refractivity contribution in [3.63, 3.8) is 0 Å². The van der Waals surface area contributed by atoms with Crippen molar-refractivity contribution in [2.45, 2.75) is 32.4 Å². The van der Waals surface area contributed by atoms with Crippen LogP contribution in [0.25, 0.3) is 0 Å². The van der Waals surface area contributed by atoms with Crippen molar-refractivity contribution in [2.24, 2.45) is 0 Å². The smallest absolute Gasteiger partial charge is 0.147 e. The van der Waals surface area contributed by atoms with Crippen LogP contribution in [0.2, 0.25) is 0 Å². The number of hydrogen-bond donors (Lipinski definition) is 1. The van der Waals surface area contributed by atoms with Gasteiger partial charge in [-0.25, -0.2) is 4.39 Å². The maximum atomic E-state index is 14.4. The van der Waals surface area contributed by atoms with E-state index < -0.39 is 0 Å². The minimum atomic E-state index is -0.157. The molecule has 1 saturated carbocycles. The Balaban J connectivity index is 1.79. The number of hydrogen-bond acceptors (Lipinski definition) is 2. The molecule has 0 heterocycles. The zero-order chi connectivity index (χ0) is 14.7. The summed E-state index contributed by atoms with van der Waals surface area (Å²) in [7, 11) is 0. The molecule has 1 aliphatic carbocycles. The van der Waals surface area contributed by atoms with Crippen molar-refractivity contribution in [3.8, 4) is 0 Å². The monoisotopic (exact) mass is 284 g/mol. The summed E-state index contributed by atoms with van der Waals surface area (Å²) in [6, 6.07) is 16.1. The molecule has 0 radical (unpaired) electrons. The Kier molecular flexibility index (Phi) is 4.20. The van der Waals surface area contributed by atoms with Gasteiger partial charge in [0.1, 0.15) is 5.82 Å². The molecule has 2 nitrogen and oxygen atoms in total. The number of nitrogens with zero attached hydrogens (tertiary/aromatic N) is 1. The fourth-order valence-electron chi connectivity index (χ4n) is 2.53. The molecule has 0 aromatic heterocycles. The van der Waals surface area contributed by atoms with Gasteiger partial charge in [0.25, 0.3) is 0 Å². The Labute approximate surface area is 125 Å². The summed E-state index contributed by atoms with van der Waals surface area (Å²) in [6.45, 7) is 3.52. The molecule has 2 aromatic carbocycles. The second kappa shape index (κ2) is 6.27. The lowest BCUT2D eigenvalue weighted by Gasteiger charge is -2.24. The summed E-state index contributed by atoms with van der Waals surface area (Å²) < 4.78 is 14.4. The molecule has 3 heteroatoms. The molecule has 1 aliphatic rings. The molecule has 0 amide bonds. The third-order valence-corrected chi connectivity index (χ3v) is 3.86. The molecule has 21 heavy (non-hydrogen) atoms. The van der Waals surface area contributed by atoms with Gasteiger partial charge in [0.2, 0.25) is 0 Å². The maximum absolute atomic E-state index is 14.4. The van der Waals surface area contributed by atoms with Gasteiger partial charge in [-0.3, -0.25) is 0 Å². The van der Waals surface area contributed by atoms with E-state index in [2.05, 4.69) is 5.32 Å². The van der Waals surface area contributed by atoms with Crippen molar-refractivity contribution in [2.75, 3.05) is 11.4 Å². The molecule has 0 aliphatic heterocycles. The SMILES string of the molecule is CCN(c1ccccc1)c1ccc(CNC2CC2)cc1F. The van der Waals surface area contributed by atoms with Gasteiger partial charge in [-0.15, -0.1) is 0 Å². The van der Waals surface area contributed by atoms with Crippen LogP contribution >= 0.6 is 0 Å². The van der Waals surface area contributed by atoms with Crippen LogP contribution in [0.5, 0.6) is 0 Å². The van der Waals surface area contributed by atoms with E-state index in [0.29, 0.717) is 11.7 Å². The normalized spacial score (nSPS) is 14.2. The minimum Gasteiger partial charge on any atom is -0.339 e. The first kappa shape index (κ1) is 14.1. The Bertz CT molecular complexity index is 593. The number of halogens is 1. The maximum Gasteiger partial charge on any atom is 0.147 e. The van der Waals surface area contributed by atoms with Gasteiger partial charge in [-0.05, 0) is 49.6 Å². The molecule has 0 spiro atoms. The molecule has 3 rings (SSSR count). The van der Waals surface area contributed by atoms with Crippen molar-refractivity contribution in [1.29, 1.82) is 0 Å². The van der Waals surface area contributed by atoms with E-state index in [1.807, 2.05) is 54.3 Å². The summed E-state index contributed by atoms with van der Waals surface area (Å²) in [5, 5.41) is 3.41. The lowest BCUT2D eigenvalue weighted by Crippen LogP contribution is -2.18. The lowest BCUT2D eigenvalue weighted by molar-refractivity contribution is 0.618. The molecule has 1 N–H and O–H groups in total. The Morgan fingerprint density at radius 3 is 2.52 bits per heavy atom. The average Bonchev–Trinajstić information content (AvgIpc) is 3.33. The van der Waals surface area contributed by atoms with E-state index in [1.54, 1.807) is 6.07 Å². The number of para-hydroxylation sites is 1. The Morgan fingerprint density at radius 2 is 1.90 bits per heavy atom. The Hall–Kier alpha value is -1.87. The first-order valence-corrected chi connectivity index (χ1v) is 7.62. The quantitative estimate of drug-likeness (QED) is 0.853. The van der Waals surface area contributed by atoms with Crippen LogP contribution in [0.3, 0.4) is 0 Å². The summed E-state index contributed by atoms with van der Waals surface area (Å²) in [4.78, 5) is 1.99. The second-order valence-electron chi connectivity index (χ2n) is 5.52. The van der Waals surface area contributed by atoms with Crippen LogP contribution < -0.4 is 10.2 Å². The Morgan fingerprint density at radius 1 is 1.14 bits per heavy atom. The van der Waals surface area contributed by atoms with Crippen LogP contribution in [0.15, 0.2) is 48.5 Å². The summed E-state index contributed by atoms with van der Waals surface area (Å²) >= 11 is 0. The molecule has 110 valence electrons. The summed E-state index contributed by atoms with van der Waals surface area (Å²) in [5.41, 5.74) is 2.66. The zero-order valence-corrected chi connectivity index (χ0v) is 12.3. The third-order valence-electron chi connectivity index (χ3n) is 3.86. The molecule has 0 bridgehead atoms. The highest BCUT2D eigenvalue weighted by Gasteiger charge is 2.20. The third kappa shape index (κ3) is 3.42. The van der Waals surface area contributed by atoms with Gasteiger partial charge in [0.15, 0.2) is 0 Å². The van der Waals surface area contributed by atoms with E-state index in [9.17, 15) is 4.39 Å². The number of anilines is 2. The lowest BCUT2D eigenvalue weighted by atomic mass is 10.1. The highest BCUT2D eigenvalue weighted by Crippen LogP contribution is 2.28. The van der Waals surface area contributed by atoms with Crippen LogP contribution in [0.4, 0.5) is 15.8 Å². The predicted molar refractivity (Wildman–Crippen MR) is 85.4 cm³/mol. The van der Waals surface area contributed by atoms with Crippen LogP contribution in [-0.4, -0.2) is 12.6 Å². The topological polar surface area (TPSA) is 15.3 Å². The van der Waals surface area contributed by atoms with E-state index in [0.717, 1.165) is 24.3 Å². The fraction of sp³-hybridized carbons (Fsp3) is 0.333. The minimum absolute atomic E-state index is 0.157. The molecular weight excluding hydrogens is 263 g/mol. The second-order valence-corrected chi connectivity index (χ2v) is 5.52. The molecular formula is C18H21FN2. The molecule has 2 aromatic rings. The highest BCUT2D eigenvalue weighted by molar-refractivity contribution is 5.63. The van der Waals surface area contributed by atoms with Crippen molar-refractivity contribution in [3.05, 3.63) is 59.9 Å². The van der Waals surface area contributed by atoms with E-state index >= 15 is 0 Å². The van der Waals surface area contributed by atoms with Crippen molar-refractivity contribution >= 4 is 11.4 Å². The first-order chi connectivity index (χ1) is 10.3. The fourth-order valence-corrected chi connectivity index (χ4v) is 2.53. The average molecular weight is 284 g/mol. The summed E-state index contributed by atoms with van der Waals surface area (Å²) in [6.07, 6.45) is 2.50. The van der Waals surface area contributed by atoms with Crippen LogP contribution in [0, 0.1) is 5.82 Å². The van der Waals surface area contributed by atoms with E-state index in [4.69, 9.17) is 0 Å². The van der Waals surface area contributed by atoms with Crippen molar-refractivity contribution in [1.82, 2.24) is 5.32 Å². The van der Waals surface area contributed by atoms with Crippen LogP contribution in [0.1, 0.15) is 25.3 Å². The zero-order valence-electron chi connectivity index (χ0n) is 12.3. The van der Waals surface area contributed by atoms with E-state index in [-0.39, 0.29) is 5.82 Å². The largest absolute Gasteiger partial charge is 0.339 e. The number of nitrogens with one attached hydrogen (secondary N) is 1. The molecule has 0 unspecified atom stereocenters. The van der Waals surface area contributed by atoms with Crippen molar-refractivity contribution < 1.29 is 4.39 Å². The van der Waals surface area contributed by atoms with Gasteiger partial charge in [0.05, 0.1) is 5.69 Å². The van der Waals surface area contributed by atoms with Gasteiger partial charge < -0.3 is 10.2 Å². The van der Waals surface area contributed by atoms with Gasteiger partial charge in [0, 0.05) is 24.8 Å². The predicted octanol–water partition coefficient (Wildman–Crippen LogP) is 4.24. The molecule has 1 fully saturated rings. The molecule has 0 atom stereocenters.